The molecule has 0 saturated carbocycles. The average Bonchev–Trinajstić information content (AvgIpc) is 2.26. The Hall–Kier alpha value is -1.95. The molecule has 0 aliphatic rings. The van der Waals surface area contributed by atoms with Crippen LogP contribution in [0.3, 0.4) is 0 Å². The van der Waals surface area contributed by atoms with E-state index in [0.717, 1.165) is 0 Å². The van der Waals surface area contributed by atoms with Crippen molar-refractivity contribution in [3.05, 3.63) is 39.4 Å². The van der Waals surface area contributed by atoms with Crippen LogP contribution in [-0.2, 0) is 0 Å². The van der Waals surface area contributed by atoms with Gasteiger partial charge < -0.3 is 10.4 Å². The second kappa shape index (κ2) is 5.40. The summed E-state index contributed by atoms with van der Waals surface area (Å²) in [5.41, 5.74) is 0.774. The molecule has 0 fully saturated rings. The highest BCUT2D eigenvalue weighted by atomic mass is 16.6. The Morgan fingerprint density at radius 2 is 2.24 bits per heavy atom. The summed E-state index contributed by atoms with van der Waals surface area (Å²) >= 11 is 0. The predicted octanol–water partition coefficient (Wildman–Crippen LogP) is 1.01. The Morgan fingerprint density at radius 3 is 2.76 bits per heavy atom. The van der Waals surface area contributed by atoms with Crippen LogP contribution in [0.2, 0.25) is 0 Å². The van der Waals surface area contributed by atoms with Crippen LogP contribution in [0.4, 0.5) is 5.69 Å². The first-order valence-corrected chi connectivity index (χ1v) is 5.13. The van der Waals surface area contributed by atoms with Crippen molar-refractivity contribution in [1.29, 1.82) is 0 Å². The lowest BCUT2D eigenvalue weighted by atomic mass is 10.1. The Bertz CT molecular complexity index is 443. The number of amides is 1. The van der Waals surface area contributed by atoms with Crippen LogP contribution in [-0.4, -0.2) is 28.6 Å². The highest BCUT2D eigenvalue weighted by molar-refractivity contribution is 5.96. The van der Waals surface area contributed by atoms with Gasteiger partial charge in [0.05, 0.1) is 11.0 Å². The molecular weight excluding hydrogens is 224 g/mol. The molecule has 0 heterocycles. The molecule has 1 atom stereocenters. The van der Waals surface area contributed by atoms with Crippen molar-refractivity contribution in [3.63, 3.8) is 0 Å². The number of aryl methyl sites for hydroxylation is 1. The average molecular weight is 238 g/mol. The Kier molecular flexibility index (Phi) is 4.17. The van der Waals surface area contributed by atoms with Gasteiger partial charge in [0.2, 0.25) is 0 Å². The number of aliphatic hydroxyl groups is 1. The Morgan fingerprint density at radius 1 is 1.59 bits per heavy atom. The molecule has 2 N–H and O–H groups in total. The van der Waals surface area contributed by atoms with Crippen molar-refractivity contribution in [3.8, 4) is 0 Å². The van der Waals surface area contributed by atoms with E-state index in [1.54, 1.807) is 13.8 Å². The maximum Gasteiger partial charge on any atom is 0.270 e. The van der Waals surface area contributed by atoms with Gasteiger partial charge in [0, 0.05) is 24.2 Å². The number of nitrogens with one attached hydrogen (secondary N) is 1. The molecule has 1 unspecified atom stereocenters. The fraction of sp³-hybridized carbons (Fsp3) is 0.364. The quantitative estimate of drug-likeness (QED) is 0.605. The van der Waals surface area contributed by atoms with Crippen molar-refractivity contribution in [2.75, 3.05) is 6.54 Å². The minimum Gasteiger partial charge on any atom is -0.392 e. The van der Waals surface area contributed by atoms with Crippen molar-refractivity contribution in [2.45, 2.75) is 20.0 Å². The van der Waals surface area contributed by atoms with Crippen LogP contribution in [0, 0.1) is 17.0 Å². The second-order valence-electron chi connectivity index (χ2n) is 3.82. The summed E-state index contributed by atoms with van der Waals surface area (Å²) < 4.78 is 0. The van der Waals surface area contributed by atoms with Crippen LogP contribution >= 0.6 is 0 Å². The molecule has 17 heavy (non-hydrogen) atoms. The fourth-order valence-corrected chi connectivity index (χ4v) is 1.30. The molecule has 1 aromatic rings. The summed E-state index contributed by atoms with van der Waals surface area (Å²) in [5.74, 6) is -0.424. The fourth-order valence-electron chi connectivity index (χ4n) is 1.30. The minimum absolute atomic E-state index is 0.112. The van der Waals surface area contributed by atoms with Crippen molar-refractivity contribution >= 4 is 11.6 Å². The summed E-state index contributed by atoms with van der Waals surface area (Å²) in [5, 5.41) is 22.1. The van der Waals surface area contributed by atoms with Gasteiger partial charge in [-0.2, -0.15) is 0 Å². The first-order valence-electron chi connectivity index (χ1n) is 5.13. The van der Waals surface area contributed by atoms with Crippen LogP contribution in [0.25, 0.3) is 0 Å². The summed E-state index contributed by atoms with van der Waals surface area (Å²) in [6.07, 6.45) is -0.655. The largest absolute Gasteiger partial charge is 0.392 e. The lowest BCUT2D eigenvalue weighted by Gasteiger charge is -2.08. The van der Waals surface area contributed by atoms with E-state index >= 15 is 0 Å². The highest BCUT2D eigenvalue weighted by Crippen LogP contribution is 2.17. The molecule has 6 heteroatoms. The number of non-ortho nitro benzene ring substituents is 1. The van der Waals surface area contributed by atoms with E-state index in [2.05, 4.69) is 5.32 Å². The van der Waals surface area contributed by atoms with E-state index in [4.69, 9.17) is 5.11 Å². The highest BCUT2D eigenvalue weighted by Gasteiger charge is 2.14. The van der Waals surface area contributed by atoms with E-state index in [-0.39, 0.29) is 17.8 Å². The monoisotopic (exact) mass is 238 g/mol. The van der Waals surface area contributed by atoms with Gasteiger partial charge in [0.25, 0.3) is 11.6 Å². The number of aliphatic hydroxyl groups excluding tert-OH is 1. The number of nitrogens with zero attached hydrogens (tertiary/aromatic N) is 1. The maximum absolute atomic E-state index is 11.7. The molecule has 92 valence electrons. The molecule has 1 rings (SSSR count). The van der Waals surface area contributed by atoms with Gasteiger partial charge in [-0.05, 0) is 19.4 Å². The summed E-state index contributed by atoms with van der Waals surface area (Å²) in [7, 11) is 0. The van der Waals surface area contributed by atoms with Crippen molar-refractivity contribution < 1.29 is 14.8 Å². The molecule has 1 aromatic carbocycles. The third kappa shape index (κ3) is 3.53. The summed E-state index contributed by atoms with van der Waals surface area (Å²) in [6, 6.07) is 4.10. The van der Waals surface area contributed by atoms with E-state index in [1.165, 1.54) is 18.2 Å². The smallest absolute Gasteiger partial charge is 0.270 e. The number of carbonyl (C=O) groups is 1. The van der Waals surface area contributed by atoms with Gasteiger partial charge in [-0.25, -0.2) is 0 Å². The minimum atomic E-state index is -0.655. The number of hydrogen-bond donors (Lipinski definition) is 2. The van der Waals surface area contributed by atoms with Gasteiger partial charge >= 0.3 is 0 Å². The number of hydrogen-bond acceptors (Lipinski definition) is 4. The number of nitro benzene ring substituents is 1. The van der Waals surface area contributed by atoms with Gasteiger partial charge in [0.15, 0.2) is 0 Å². The van der Waals surface area contributed by atoms with Crippen LogP contribution < -0.4 is 5.32 Å². The van der Waals surface area contributed by atoms with Crippen molar-refractivity contribution in [2.24, 2.45) is 0 Å². The topological polar surface area (TPSA) is 92.5 Å². The lowest BCUT2D eigenvalue weighted by molar-refractivity contribution is -0.384. The third-order valence-corrected chi connectivity index (χ3v) is 2.23. The first-order chi connectivity index (χ1) is 7.91. The standard InChI is InChI=1S/C11H14N2O4/c1-7-3-4-9(13(16)17)5-10(7)11(15)12-6-8(2)14/h3-5,8,14H,6H2,1-2H3,(H,12,15). The number of rotatable bonds is 4. The normalized spacial score (nSPS) is 11.9. The van der Waals surface area contributed by atoms with Crippen LogP contribution in [0.15, 0.2) is 18.2 Å². The lowest BCUT2D eigenvalue weighted by Crippen LogP contribution is -2.31. The molecule has 0 bridgehead atoms. The zero-order valence-electron chi connectivity index (χ0n) is 9.64. The van der Waals surface area contributed by atoms with Gasteiger partial charge in [-0.15, -0.1) is 0 Å². The molecule has 0 aliphatic carbocycles. The first kappa shape index (κ1) is 13.1. The molecular formula is C11H14N2O4. The van der Waals surface area contributed by atoms with Crippen LogP contribution in [0.1, 0.15) is 22.8 Å². The third-order valence-electron chi connectivity index (χ3n) is 2.23. The molecule has 1 amide bonds. The molecule has 0 aromatic heterocycles. The predicted molar refractivity (Wildman–Crippen MR) is 61.8 cm³/mol. The second-order valence-corrected chi connectivity index (χ2v) is 3.82. The molecule has 0 saturated heterocycles. The number of benzene rings is 1. The molecule has 6 nitrogen and oxygen atoms in total. The zero-order chi connectivity index (χ0) is 13.0. The van der Waals surface area contributed by atoms with Gasteiger partial charge in [-0.1, -0.05) is 6.07 Å². The zero-order valence-corrected chi connectivity index (χ0v) is 9.64. The molecule has 0 aliphatic heterocycles. The maximum atomic E-state index is 11.7. The number of nitro groups is 1. The summed E-state index contributed by atoms with van der Waals surface area (Å²) in [4.78, 5) is 21.7. The summed E-state index contributed by atoms with van der Waals surface area (Å²) in [6.45, 7) is 3.35. The van der Waals surface area contributed by atoms with E-state index in [1.807, 2.05) is 0 Å². The van der Waals surface area contributed by atoms with Gasteiger partial charge in [0.1, 0.15) is 0 Å². The molecule has 0 spiro atoms. The Labute approximate surface area is 98.4 Å². The van der Waals surface area contributed by atoms with E-state index in [9.17, 15) is 14.9 Å². The van der Waals surface area contributed by atoms with Crippen LogP contribution in [0.5, 0.6) is 0 Å². The molecule has 0 radical (unpaired) electrons. The van der Waals surface area contributed by atoms with Crippen molar-refractivity contribution in [1.82, 2.24) is 5.32 Å². The SMILES string of the molecule is Cc1ccc([N+](=O)[O-])cc1C(=O)NCC(C)O. The van der Waals surface area contributed by atoms with E-state index in [0.29, 0.717) is 5.56 Å². The number of carbonyl (C=O) groups excluding carboxylic acids is 1. The van der Waals surface area contributed by atoms with E-state index < -0.39 is 16.9 Å². The Balaban J connectivity index is 2.92. The van der Waals surface area contributed by atoms with Gasteiger partial charge in [-0.3, -0.25) is 14.9 Å².